The van der Waals surface area contributed by atoms with Gasteiger partial charge < -0.3 is 28.4 Å². The second kappa shape index (κ2) is 18.5. The lowest BCUT2D eigenvalue weighted by molar-refractivity contribution is -0.330. The van der Waals surface area contributed by atoms with Crippen molar-refractivity contribution in [3.05, 3.63) is 77.4 Å². The van der Waals surface area contributed by atoms with Crippen molar-refractivity contribution in [2.24, 2.45) is 10.2 Å². The van der Waals surface area contributed by atoms with Gasteiger partial charge in [0.05, 0.1) is 56.2 Å². The maximum absolute atomic E-state index is 12.7. The van der Waals surface area contributed by atoms with Gasteiger partial charge in [-0.2, -0.15) is 10.2 Å². The first-order chi connectivity index (χ1) is 23.7. The minimum atomic E-state index is -0.742. The van der Waals surface area contributed by atoms with Crippen LogP contribution in [0.3, 0.4) is 0 Å². The molecule has 2 aromatic carbocycles. The zero-order valence-corrected chi connectivity index (χ0v) is 26.9. The molecule has 4 atom stereocenters. The predicted octanol–water partition coefficient (Wildman–Crippen LogP) is 2.96. The summed E-state index contributed by atoms with van der Waals surface area (Å²) < 4.78 is 31.9. The average Bonchev–Trinajstić information content (AvgIpc) is 3.69. The largest absolute Gasteiger partial charge is 0.462 e. The molecule has 0 bridgehead atoms. The molecule has 0 radical (unpaired) electrons. The Bertz CT molecular complexity index is 1570. The lowest BCUT2D eigenvalue weighted by Gasteiger charge is -2.17. The molecule has 2 aromatic rings. The summed E-state index contributed by atoms with van der Waals surface area (Å²) in [5.41, 5.74) is 1.65. The third kappa shape index (κ3) is 11.0. The standard InChI is InChI=1S/C34H36N2O13/c1-4-29(38)42-14-15-43-30(39)12-13-31(40)47-26-11-8-23(16-25(26)21(3)37)18-36-35-17-22-6-9-24(10-7-22)34(41)48-27-19-44-33-28(49-46-5-2)20-45-32(27)33/h4,6-11,16-18,27-28,32-33H,1,5,12-15,19-20H2,2-3H3/b35-17+,36-18+/t27?,28-,32?,33?/m1/s1. The molecule has 2 fully saturated rings. The van der Waals surface area contributed by atoms with Gasteiger partial charge in [0.1, 0.15) is 37.3 Å². The van der Waals surface area contributed by atoms with Crippen LogP contribution >= 0.6 is 0 Å². The molecule has 2 saturated heterocycles. The summed E-state index contributed by atoms with van der Waals surface area (Å²) in [7, 11) is 0. The maximum atomic E-state index is 12.7. The molecule has 0 aliphatic carbocycles. The van der Waals surface area contributed by atoms with Gasteiger partial charge in [0.25, 0.3) is 0 Å². The van der Waals surface area contributed by atoms with Crippen LogP contribution in [0, 0.1) is 0 Å². The number of fused-ring (bicyclic) bond motifs is 1. The maximum Gasteiger partial charge on any atom is 0.338 e. The molecule has 15 heteroatoms. The zero-order valence-electron chi connectivity index (χ0n) is 26.9. The van der Waals surface area contributed by atoms with Crippen molar-refractivity contribution in [2.75, 3.05) is 33.0 Å². The number of hydrogen-bond acceptors (Lipinski definition) is 15. The van der Waals surface area contributed by atoms with Gasteiger partial charge in [-0.25, -0.2) is 19.4 Å². The number of carbonyl (C=O) groups is 5. The van der Waals surface area contributed by atoms with Crippen molar-refractivity contribution in [1.29, 1.82) is 0 Å². The van der Waals surface area contributed by atoms with E-state index >= 15 is 0 Å². The molecular weight excluding hydrogens is 644 g/mol. The molecule has 2 heterocycles. The van der Waals surface area contributed by atoms with Crippen molar-refractivity contribution in [3.63, 3.8) is 0 Å². The zero-order chi connectivity index (χ0) is 35.2. The van der Waals surface area contributed by atoms with E-state index in [4.69, 9.17) is 33.5 Å². The third-order valence-corrected chi connectivity index (χ3v) is 7.05. The summed E-state index contributed by atoms with van der Waals surface area (Å²) in [6, 6.07) is 11.1. The highest BCUT2D eigenvalue weighted by molar-refractivity contribution is 5.99. The number of hydrogen-bond donors (Lipinski definition) is 0. The predicted molar refractivity (Wildman–Crippen MR) is 170 cm³/mol. The first-order valence-electron chi connectivity index (χ1n) is 15.4. The van der Waals surface area contributed by atoms with Gasteiger partial charge >= 0.3 is 23.9 Å². The van der Waals surface area contributed by atoms with Gasteiger partial charge in [-0.05, 0) is 55.3 Å². The van der Waals surface area contributed by atoms with Crippen LogP contribution in [0.4, 0.5) is 0 Å². The van der Waals surface area contributed by atoms with E-state index in [1.54, 1.807) is 37.3 Å². The van der Waals surface area contributed by atoms with E-state index in [1.165, 1.54) is 31.5 Å². The molecule has 0 aromatic heterocycles. The molecule has 3 unspecified atom stereocenters. The Morgan fingerprint density at radius 1 is 0.857 bits per heavy atom. The van der Waals surface area contributed by atoms with E-state index in [0.717, 1.165) is 6.08 Å². The molecule has 0 saturated carbocycles. The van der Waals surface area contributed by atoms with Gasteiger partial charge in [-0.3, -0.25) is 14.4 Å². The van der Waals surface area contributed by atoms with E-state index in [0.29, 0.717) is 23.3 Å². The quantitative estimate of drug-likeness (QED) is 0.0274. The summed E-state index contributed by atoms with van der Waals surface area (Å²) in [6.45, 7) is 6.92. The Morgan fingerprint density at radius 2 is 1.49 bits per heavy atom. The number of carbonyl (C=O) groups excluding carboxylic acids is 5. The Hall–Kier alpha value is -5.09. The summed E-state index contributed by atoms with van der Waals surface area (Å²) in [5.74, 6) is -2.92. The summed E-state index contributed by atoms with van der Waals surface area (Å²) in [5, 5.41) is 8.02. The van der Waals surface area contributed by atoms with Crippen molar-refractivity contribution in [2.45, 2.75) is 51.1 Å². The van der Waals surface area contributed by atoms with Crippen LogP contribution < -0.4 is 4.74 Å². The smallest absolute Gasteiger partial charge is 0.338 e. The molecule has 49 heavy (non-hydrogen) atoms. The molecule has 260 valence electrons. The van der Waals surface area contributed by atoms with Gasteiger partial charge in [0, 0.05) is 6.08 Å². The molecule has 4 rings (SSSR count). The summed E-state index contributed by atoms with van der Waals surface area (Å²) >= 11 is 0. The van der Waals surface area contributed by atoms with Crippen LogP contribution in [0.25, 0.3) is 0 Å². The first-order valence-corrected chi connectivity index (χ1v) is 15.4. The fourth-order valence-corrected chi connectivity index (χ4v) is 4.68. The average molecular weight is 681 g/mol. The number of Topliss-reactive ketones (excluding diaryl/α,β-unsaturated/α-hetero) is 1. The van der Waals surface area contributed by atoms with E-state index < -0.39 is 36.1 Å². The van der Waals surface area contributed by atoms with Crippen LogP contribution in [0.15, 0.2) is 65.3 Å². The summed E-state index contributed by atoms with van der Waals surface area (Å²) in [4.78, 5) is 70.3. The lowest BCUT2D eigenvalue weighted by atomic mass is 10.1. The molecule has 0 N–H and O–H groups in total. The number of esters is 4. The molecule has 2 aliphatic rings. The lowest BCUT2D eigenvalue weighted by Crippen LogP contribution is -2.35. The topological polar surface area (TPSA) is 184 Å². The SMILES string of the molecule is C=CC(=O)OCCOC(=O)CCC(=O)Oc1ccc(/C=N/N=C/c2ccc(C(=O)OC3COC4C3OC[C@H]4OOCC)cc2)cc1C(C)=O. The molecule has 0 amide bonds. The number of ether oxygens (including phenoxy) is 6. The van der Waals surface area contributed by atoms with Crippen LogP contribution in [0.1, 0.15) is 58.5 Å². The molecule has 2 aliphatic heterocycles. The highest BCUT2D eigenvalue weighted by atomic mass is 17.2. The van der Waals surface area contributed by atoms with Gasteiger partial charge in [0.15, 0.2) is 11.9 Å². The van der Waals surface area contributed by atoms with Crippen LogP contribution in [0.2, 0.25) is 0 Å². The second-order valence-corrected chi connectivity index (χ2v) is 10.6. The van der Waals surface area contributed by atoms with Gasteiger partial charge in [-0.1, -0.05) is 18.7 Å². The second-order valence-electron chi connectivity index (χ2n) is 10.6. The summed E-state index contributed by atoms with van der Waals surface area (Å²) in [6.07, 6.45) is 1.54. The fourth-order valence-electron chi connectivity index (χ4n) is 4.68. The van der Waals surface area contributed by atoms with Crippen LogP contribution in [0.5, 0.6) is 5.75 Å². The third-order valence-electron chi connectivity index (χ3n) is 7.05. The minimum Gasteiger partial charge on any atom is -0.462 e. The normalized spacial score (nSPS) is 19.8. The van der Waals surface area contributed by atoms with Crippen molar-refractivity contribution < 1.29 is 62.2 Å². The number of benzene rings is 2. The van der Waals surface area contributed by atoms with Crippen LogP contribution in [-0.2, 0) is 47.8 Å². The van der Waals surface area contributed by atoms with E-state index in [1.807, 2.05) is 0 Å². The van der Waals surface area contributed by atoms with E-state index in [2.05, 4.69) is 21.5 Å². The monoisotopic (exact) mass is 680 g/mol. The van der Waals surface area contributed by atoms with Crippen molar-refractivity contribution in [1.82, 2.24) is 0 Å². The number of ketones is 1. The number of rotatable bonds is 17. The van der Waals surface area contributed by atoms with Gasteiger partial charge in [0.2, 0.25) is 0 Å². The Labute approximate surface area is 281 Å². The molecular formula is C34H36N2O13. The first kappa shape index (κ1) is 36.7. The Balaban J connectivity index is 1.23. The highest BCUT2D eigenvalue weighted by Gasteiger charge is 2.50. The Morgan fingerprint density at radius 3 is 2.18 bits per heavy atom. The van der Waals surface area contributed by atoms with Crippen LogP contribution in [-0.4, -0.2) is 99.5 Å². The molecule has 0 spiro atoms. The van der Waals surface area contributed by atoms with Gasteiger partial charge in [-0.15, -0.1) is 0 Å². The molecule has 15 nitrogen and oxygen atoms in total. The van der Waals surface area contributed by atoms with Crippen molar-refractivity contribution in [3.8, 4) is 5.75 Å². The highest BCUT2D eigenvalue weighted by Crippen LogP contribution is 2.31. The minimum absolute atomic E-state index is 0.0253. The van der Waals surface area contributed by atoms with E-state index in [-0.39, 0.29) is 68.6 Å². The van der Waals surface area contributed by atoms with Crippen molar-refractivity contribution >= 4 is 42.1 Å². The fraction of sp³-hybridized carbons (Fsp3) is 0.382. The van der Waals surface area contributed by atoms with E-state index in [9.17, 15) is 24.0 Å². The Kier molecular flexibility index (Phi) is 13.8. The number of nitrogens with zero attached hydrogens (tertiary/aromatic N) is 2.